The first-order chi connectivity index (χ1) is 8.52. The number of halogens is 3. The van der Waals surface area contributed by atoms with Gasteiger partial charge in [-0.1, -0.05) is 6.07 Å². The molecule has 2 nitrogen and oxygen atoms in total. The van der Waals surface area contributed by atoms with Gasteiger partial charge >= 0.3 is 6.18 Å². The molecule has 1 saturated heterocycles. The molecule has 1 aliphatic rings. The third-order valence-electron chi connectivity index (χ3n) is 3.33. The molecule has 0 aliphatic carbocycles. The van der Waals surface area contributed by atoms with Crippen molar-refractivity contribution in [3.05, 3.63) is 29.3 Å². The molecule has 1 N–H and O–H groups in total. The maximum atomic E-state index is 12.9. The van der Waals surface area contributed by atoms with Crippen LogP contribution in [0.25, 0.3) is 0 Å². The van der Waals surface area contributed by atoms with E-state index in [4.69, 9.17) is 4.74 Å². The summed E-state index contributed by atoms with van der Waals surface area (Å²) in [5.74, 6) is 0.813. The second-order valence-electron chi connectivity index (χ2n) is 4.55. The molecule has 0 amide bonds. The van der Waals surface area contributed by atoms with Crippen LogP contribution in [0.5, 0.6) is 5.75 Å². The number of methoxy groups -OCH3 is 1. The first-order valence-corrected chi connectivity index (χ1v) is 5.96. The highest BCUT2D eigenvalue weighted by Gasteiger charge is 2.34. The molecule has 0 bridgehead atoms. The van der Waals surface area contributed by atoms with Crippen molar-refractivity contribution in [2.45, 2.75) is 19.0 Å². The predicted molar refractivity (Wildman–Crippen MR) is 62.7 cm³/mol. The molecule has 0 spiro atoms. The number of nitrogens with one attached hydrogen (secondary N) is 1. The topological polar surface area (TPSA) is 21.3 Å². The van der Waals surface area contributed by atoms with E-state index in [9.17, 15) is 13.2 Å². The highest BCUT2D eigenvalue weighted by molar-refractivity contribution is 5.42. The third-order valence-corrected chi connectivity index (χ3v) is 3.33. The van der Waals surface area contributed by atoms with Crippen LogP contribution >= 0.6 is 0 Å². The Morgan fingerprint density at radius 3 is 2.56 bits per heavy atom. The lowest BCUT2D eigenvalue weighted by Crippen LogP contribution is -2.42. The fraction of sp³-hybridized carbons (Fsp3) is 0.538. The molecule has 5 heteroatoms. The summed E-state index contributed by atoms with van der Waals surface area (Å²) in [6, 6.07) is 4.09. The monoisotopic (exact) mass is 259 g/mol. The van der Waals surface area contributed by atoms with E-state index in [0.29, 0.717) is 18.1 Å². The molecule has 0 saturated carbocycles. The smallest absolute Gasteiger partial charge is 0.416 e. The number of hydrogen-bond acceptors (Lipinski definition) is 2. The van der Waals surface area contributed by atoms with Gasteiger partial charge in [0.05, 0.1) is 12.7 Å². The van der Waals surface area contributed by atoms with Gasteiger partial charge in [0.2, 0.25) is 0 Å². The molecule has 0 atom stereocenters. The van der Waals surface area contributed by atoms with Gasteiger partial charge in [0.15, 0.2) is 0 Å². The van der Waals surface area contributed by atoms with Crippen LogP contribution in [0.2, 0.25) is 0 Å². The van der Waals surface area contributed by atoms with Gasteiger partial charge < -0.3 is 10.1 Å². The number of ether oxygens (including phenoxy) is 1. The average Bonchev–Trinajstić information content (AvgIpc) is 2.25. The van der Waals surface area contributed by atoms with Crippen LogP contribution in [0.15, 0.2) is 18.2 Å². The summed E-state index contributed by atoms with van der Waals surface area (Å²) in [6.45, 7) is 1.80. The average molecular weight is 259 g/mol. The fourth-order valence-corrected chi connectivity index (χ4v) is 2.18. The van der Waals surface area contributed by atoms with Crippen LogP contribution in [0.3, 0.4) is 0 Å². The van der Waals surface area contributed by atoms with Crippen molar-refractivity contribution in [2.24, 2.45) is 5.92 Å². The van der Waals surface area contributed by atoms with Crippen LogP contribution < -0.4 is 10.1 Å². The Hall–Kier alpha value is -1.23. The van der Waals surface area contributed by atoms with Crippen LogP contribution in [-0.4, -0.2) is 20.2 Å². The van der Waals surface area contributed by atoms with E-state index in [-0.39, 0.29) is 5.56 Å². The van der Waals surface area contributed by atoms with Gasteiger partial charge in [-0.05, 0) is 44.0 Å². The Bertz CT molecular complexity index is 413. The quantitative estimate of drug-likeness (QED) is 0.897. The second kappa shape index (κ2) is 5.18. The predicted octanol–water partition coefficient (Wildman–Crippen LogP) is 2.87. The zero-order chi connectivity index (χ0) is 13.2. The van der Waals surface area contributed by atoms with Crippen LogP contribution in [0.1, 0.15) is 17.5 Å². The molecule has 2 rings (SSSR count). The molecule has 1 aromatic carbocycles. The van der Waals surface area contributed by atoms with E-state index < -0.39 is 11.7 Å². The minimum atomic E-state index is -4.32. The molecule has 1 aliphatic heterocycles. The van der Waals surface area contributed by atoms with Crippen molar-refractivity contribution in [3.63, 3.8) is 0 Å². The van der Waals surface area contributed by atoms with Crippen molar-refractivity contribution in [1.82, 2.24) is 5.32 Å². The summed E-state index contributed by atoms with van der Waals surface area (Å²) in [7, 11) is 1.41. The standard InChI is InChI=1S/C13H16F3NO/c1-18-12-4-2-3-11(13(14,15)16)10(12)6-5-9-7-17-8-9/h2-4,9,17H,5-8H2,1H3. The van der Waals surface area contributed by atoms with Crippen molar-refractivity contribution >= 4 is 0 Å². The minimum absolute atomic E-state index is 0.277. The van der Waals surface area contributed by atoms with Gasteiger partial charge in [-0.25, -0.2) is 0 Å². The molecule has 18 heavy (non-hydrogen) atoms. The van der Waals surface area contributed by atoms with E-state index in [0.717, 1.165) is 25.6 Å². The van der Waals surface area contributed by atoms with E-state index >= 15 is 0 Å². The lowest BCUT2D eigenvalue weighted by Gasteiger charge is -2.27. The van der Waals surface area contributed by atoms with Crippen molar-refractivity contribution < 1.29 is 17.9 Å². The van der Waals surface area contributed by atoms with Crippen LogP contribution in [0, 0.1) is 5.92 Å². The van der Waals surface area contributed by atoms with Crippen LogP contribution in [0.4, 0.5) is 13.2 Å². The SMILES string of the molecule is COc1cccc(C(F)(F)F)c1CCC1CNC1. The summed E-state index contributed by atoms with van der Waals surface area (Å²) >= 11 is 0. The molecule has 1 heterocycles. The summed E-state index contributed by atoms with van der Waals surface area (Å²) < 4.78 is 43.8. The normalized spacial score (nSPS) is 16.4. The Morgan fingerprint density at radius 1 is 1.33 bits per heavy atom. The molecule has 1 aromatic rings. The third kappa shape index (κ3) is 2.77. The summed E-state index contributed by atoms with van der Waals surface area (Å²) in [5, 5.41) is 3.12. The molecule has 100 valence electrons. The Morgan fingerprint density at radius 2 is 2.06 bits per heavy atom. The van der Waals surface area contributed by atoms with Gasteiger partial charge in [0.1, 0.15) is 5.75 Å². The maximum Gasteiger partial charge on any atom is 0.416 e. The summed E-state index contributed by atoms with van der Waals surface area (Å²) in [5.41, 5.74) is -0.298. The first-order valence-electron chi connectivity index (χ1n) is 5.96. The molecule has 0 aromatic heterocycles. The maximum absolute atomic E-state index is 12.9. The molecule has 1 fully saturated rings. The molecular weight excluding hydrogens is 243 g/mol. The van der Waals surface area contributed by atoms with Gasteiger partial charge in [-0.2, -0.15) is 13.2 Å². The summed E-state index contributed by atoms with van der Waals surface area (Å²) in [4.78, 5) is 0. The van der Waals surface area contributed by atoms with Gasteiger partial charge in [0.25, 0.3) is 0 Å². The Kier molecular flexibility index (Phi) is 3.80. The number of rotatable bonds is 4. The van der Waals surface area contributed by atoms with Gasteiger partial charge in [-0.15, -0.1) is 0 Å². The molecule has 0 unspecified atom stereocenters. The van der Waals surface area contributed by atoms with E-state index in [2.05, 4.69) is 5.32 Å². The second-order valence-corrected chi connectivity index (χ2v) is 4.55. The molecular formula is C13H16F3NO. The van der Waals surface area contributed by atoms with E-state index in [1.165, 1.54) is 13.2 Å². The number of hydrogen-bond donors (Lipinski definition) is 1. The van der Waals surface area contributed by atoms with Crippen molar-refractivity contribution in [2.75, 3.05) is 20.2 Å². The zero-order valence-electron chi connectivity index (χ0n) is 10.2. The Balaban J connectivity index is 2.22. The minimum Gasteiger partial charge on any atom is -0.496 e. The highest BCUT2D eigenvalue weighted by atomic mass is 19.4. The van der Waals surface area contributed by atoms with E-state index in [1.807, 2.05) is 0 Å². The zero-order valence-corrected chi connectivity index (χ0v) is 10.2. The van der Waals surface area contributed by atoms with Gasteiger partial charge in [-0.3, -0.25) is 0 Å². The van der Waals surface area contributed by atoms with Gasteiger partial charge in [0, 0.05) is 5.56 Å². The largest absolute Gasteiger partial charge is 0.496 e. The Labute approximate surface area is 104 Å². The van der Waals surface area contributed by atoms with E-state index in [1.54, 1.807) is 6.07 Å². The fourth-order valence-electron chi connectivity index (χ4n) is 2.18. The summed E-state index contributed by atoms with van der Waals surface area (Å²) in [6.07, 6.45) is -3.15. The highest BCUT2D eigenvalue weighted by Crippen LogP contribution is 2.37. The van der Waals surface area contributed by atoms with Crippen molar-refractivity contribution in [1.29, 1.82) is 0 Å². The first kappa shape index (κ1) is 13.2. The number of alkyl halides is 3. The lowest BCUT2D eigenvalue weighted by molar-refractivity contribution is -0.138. The van der Waals surface area contributed by atoms with Crippen molar-refractivity contribution in [3.8, 4) is 5.75 Å². The molecule has 0 radical (unpaired) electrons. The van der Waals surface area contributed by atoms with Crippen LogP contribution in [-0.2, 0) is 12.6 Å². The number of benzene rings is 1. The lowest BCUT2D eigenvalue weighted by atomic mass is 9.92.